The Bertz CT molecular complexity index is 696. The van der Waals surface area contributed by atoms with Crippen molar-refractivity contribution in [1.29, 1.82) is 5.41 Å². The van der Waals surface area contributed by atoms with Crippen LogP contribution in [0.5, 0.6) is 0 Å². The predicted octanol–water partition coefficient (Wildman–Crippen LogP) is 4.94. The van der Waals surface area contributed by atoms with Gasteiger partial charge < -0.3 is 11.1 Å². The number of amidine groups is 1. The number of hydrogen-bond acceptors (Lipinski definition) is 3. The van der Waals surface area contributed by atoms with Crippen LogP contribution in [0.4, 0.5) is 8.78 Å². The van der Waals surface area contributed by atoms with E-state index < -0.39 is 5.92 Å². The molecule has 4 rings (SSSR count). The molecule has 0 radical (unpaired) electrons. The standard InChI is InChI=1S/C26H44F2N4O/c1-16(2)18-5-3-17(4-6-18)15-32-22-14-20(24(29)30)8-7-19(22)13-23(32)25(33)31-21-9-11-26(27,28)12-10-21/h16-23H,3-15H2,1-2H3,(H3,29,30)(H,31,33). The van der Waals surface area contributed by atoms with Crippen LogP contribution in [0.15, 0.2) is 0 Å². The maximum Gasteiger partial charge on any atom is 0.248 e. The third-order valence-corrected chi connectivity index (χ3v) is 9.42. The highest BCUT2D eigenvalue weighted by Crippen LogP contribution is 2.44. The highest BCUT2D eigenvalue weighted by Gasteiger charge is 2.48. The summed E-state index contributed by atoms with van der Waals surface area (Å²) in [6, 6.07) is 0.00549. The van der Waals surface area contributed by atoms with E-state index in [9.17, 15) is 13.6 Å². The number of nitrogens with zero attached hydrogens (tertiary/aromatic N) is 1. The molecule has 3 aliphatic carbocycles. The van der Waals surface area contributed by atoms with E-state index in [1.807, 2.05) is 0 Å². The van der Waals surface area contributed by atoms with E-state index in [0.717, 1.165) is 44.1 Å². The van der Waals surface area contributed by atoms with Gasteiger partial charge in [0.2, 0.25) is 11.8 Å². The smallest absolute Gasteiger partial charge is 0.248 e. The Labute approximate surface area is 198 Å². The molecule has 4 fully saturated rings. The van der Waals surface area contributed by atoms with Crippen molar-refractivity contribution in [3.8, 4) is 0 Å². The van der Waals surface area contributed by atoms with Gasteiger partial charge in [0.25, 0.3) is 0 Å². The molecule has 1 aliphatic heterocycles. The molecule has 3 saturated carbocycles. The van der Waals surface area contributed by atoms with Gasteiger partial charge in [-0.2, -0.15) is 0 Å². The Morgan fingerprint density at radius 3 is 2.33 bits per heavy atom. The fraction of sp³-hybridized carbons (Fsp3) is 0.923. The van der Waals surface area contributed by atoms with E-state index in [0.29, 0.717) is 30.7 Å². The molecule has 1 amide bonds. The Kier molecular flexibility index (Phi) is 7.66. The van der Waals surface area contributed by atoms with Crippen molar-refractivity contribution in [2.75, 3.05) is 6.54 Å². The summed E-state index contributed by atoms with van der Waals surface area (Å²) in [5.41, 5.74) is 5.89. The average molecular weight is 467 g/mol. The van der Waals surface area contributed by atoms with Gasteiger partial charge in [-0.1, -0.05) is 13.8 Å². The zero-order valence-electron chi connectivity index (χ0n) is 20.5. The number of nitrogens with two attached hydrogens (primary N) is 1. The molecule has 1 saturated heterocycles. The van der Waals surface area contributed by atoms with Crippen molar-refractivity contribution >= 4 is 11.7 Å². The Hall–Kier alpha value is -1.24. The summed E-state index contributed by atoms with van der Waals surface area (Å²) >= 11 is 0. The zero-order chi connectivity index (χ0) is 23.8. The number of carbonyl (C=O) groups excluding carboxylic acids is 1. The highest BCUT2D eigenvalue weighted by atomic mass is 19.3. The average Bonchev–Trinajstić information content (AvgIpc) is 3.13. The van der Waals surface area contributed by atoms with E-state index in [-0.39, 0.29) is 42.6 Å². The number of hydrogen-bond donors (Lipinski definition) is 3. The number of rotatable bonds is 6. The quantitative estimate of drug-likeness (QED) is 0.383. The molecule has 4 N–H and O–H groups in total. The summed E-state index contributed by atoms with van der Waals surface area (Å²) in [7, 11) is 0. The number of fused-ring (bicyclic) bond motifs is 1. The SMILES string of the molecule is CC(C)C1CCC(CN2C(C(=O)NC3CCC(F)(F)CC3)CC3CCC(C(=N)N)CC32)CC1. The molecule has 1 heterocycles. The molecule has 7 heteroatoms. The normalized spacial score (nSPS) is 37.6. The van der Waals surface area contributed by atoms with Crippen LogP contribution in [-0.2, 0) is 4.79 Å². The fourth-order valence-corrected chi connectivity index (χ4v) is 7.16. The molecule has 0 aromatic heterocycles. The van der Waals surface area contributed by atoms with Crippen molar-refractivity contribution in [3.05, 3.63) is 0 Å². The lowest BCUT2D eigenvalue weighted by atomic mass is 9.76. The molecule has 188 valence electrons. The van der Waals surface area contributed by atoms with Gasteiger partial charge in [0.05, 0.1) is 11.9 Å². The maximum absolute atomic E-state index is 13.6. The highest BCUT2D eigenvalue weighted by molar-refractivity contribution is 5.83. The third-order valence-electron chi connectivity index (χ3n) is 9.42. The van der Waals surface area contributed by atoms with Gasteiger partial charge in [-0.25, -0.2) is 8.78 Å². The predicted molar refractivity (Wildman–Crippen MR) is 127 cm³/mol. The molecule has 33 heavy (non-hydrogen) atoms. The Balaban J connectivity index is 1.43. The topological polar surface area (TPSA) is 82.2 Å². The van der Waals surface area contributed by atoms with Crippen molar-refractivity contribution in [2.24, 2.45) is 35.3 Å². The third kappa shape index (κ3) is 5.88. The Morgan fingerprint density at radius 2 is 1.73 bits per heavy atom. The van der Waals surface area contributed by atoms with E-state index in [1.54, 1.807) is 0 Å². The number of carbonyl (C=O) groups is 1. The lowest BCUT2D eigenvalue weighted by Crippen LogP contribution is -2.52. The van der Waals surface area contributed by atoms with E-state index in [2.05, 4.69) is 24.1 Å². The minimum absolute atomic E-state index is 0.0369. The molecule has 0 aromatic carbocycles. The lowest BCUT2D eigenvalue weighted by Gasteiger charge is -2.40. The second-order valence-corrected chi connectivity index (χ2v) is 11.9. The van der Waals surface area contributed by atoms with E-state index >= 15 is 0 Å². The van der Waals surface area contributed by atoms with Crippen LogP contribution in [0, 0.1) is 35.0 Å². The number of likely N-dealkylation sites (tertiary alicyclic amines) is 1. The molecule has 4 unspecified atom stereocenters. The van der Waals surface area contributed by atoms with Crippen LogP contribution < -0.4 is 11.1 Å². The first-order valence-corrected chi connectivity index (χ1v) is 13.4. The summed E-state index contributed by atoms with van der Waals surface area (Å²) in [5.74, 6) is 0.487. The van der Waals surface area contributed by atoms with Gasteiger partial charge in [0.1, 0.15) is 0 Å². The molecule has 0 bridgehead atoms. The second-order valence-electron chi connectivity index (χ2n) is 11.9. The monoisotopic (exact) mass is 466 g/mol. The van der Waals surface area contributed by atoms with Crippen molar-refractivity contribution in [2.45, 2.75) is 115 Å². The first-order valence-electron chi connectivity index (χ1n) is 13.4. The van der Waals surface area contributed by atoms with Gasteiger partial charge in [-0.3, -0.25) is 15.1 Å². The van der Waals surface area contributed by atoms with Crippen molar-refractivity contribution in [1.82, 2.24) is 10.2 Å². The van der Waals surface area contributed by atoms with Crippen molar-refractivity contribution in [3.63, 3.8) is 0 Å². The summed E-state index contributed by atoms with van der Waals surface area (Å²) in [4.78, 5) is 15.9. The minimum Gasteiger partial charge on any atom is -0.387 e. The zero-order valence-corrected chi connectivity index (χ0v) is 20.5. The van der Waals surface area contributed by atoms with Crippen LogP contribution in [0.1, 0.15) is 90.9 Å². The van der Waals surface area contributed by atoms with Crippen LogP contribution in [0.2, 0.25) is 0 Å². The number of amides is 1. The minimum atomic E-state index is -2.58. The van der Waals surface area contributed by atoms with Crippen LogP contribution in [-0.4, -0.2) is 47.2 Å². The second kappa shape index (κ2) is 10.2. The van der Waals surface area contributed by atoms with Crippen molar-refractivity contribution < 1.29 is 13.6 Å². The van der Waals surface area contributed by atoms with Gasteiger partial charge >= 0.3 is 0 Å². The summed E-state index contributed by atoms with van der Waals surface area (Å²) in [6.07, 6.45) is 9.15. The number of alkyl halides is 2. The van der Waals surface area contributed by atoms with Crippen LogP contribution >= 0.6 is 0 Å². The molecule has 4 aliphatic rings. The number of halogens is 2. The molecule has 0 spiro atoms. The first-order chi connectivity index (χ1) is 15.6. The molecule has 0 aromatic rings. The van der Waals surface area contributed by atoms with Crippen LogP contribution in [0.25, 0.3) is 0 Å². The molecule has 5 nitrogen and oxygen atoms in total. The summed E-state index contributed by atoms with van der Waals surface area (Å²) in [6.45, 7) is 5.58. The molecular weight excluding hydrogens is 422 g/mol. The maximum atomic E-state index is 13.6. The largest absolute Gasteiger partial charge is 0.387 e. The van der Waals surface area contributed by atoms with Crippen LogP contribution in [0.3, 0.4) is 0 Å². The van der Waals surface area contributed by atoms with Gasteiger partial charge in [0.15, 0.2) is 0 Å². The lowest BCUT2D eigenvalue weighted by molar-refractivity contribution is -0.128. The summed E-state index contributed by atoms with van der Waals surface area (Å²) < 4.78 is 27.1. The molecule has 4 atom stereocenters. The Morgan fingerprint density at radius 1 is 1.06 bits per heavy atom. The van der Waals surface area contributed by atoms with Gasteiger partial charge in [0, 0.05) is 37.4 Å². The number of nitrogens with one attached hydrogen (secondary N) is 2. The summed E-state index contributed by atoms with van der Waals surface area (Å²) in [5, 5.41) is 11.1. The van der Waals surface area contributed by atoms with E-state index in [1.165, 1.54) is 25.7 Å². The molecular formula is C26H44F2N4O. The van der Waals surface area contributed by atoms with Gasteiger partial charge in [-0.05, 0) is 87.9 Å². The van der Waals surface area contributed by atoms with E-state index in [4.69, 9.17) is 11.1 Å². The van der Waals surface area contributed by atoms with Gasteiger partial charge in [-0.15, -0.1) is 0 Å². The fourth-order valence-electron chi connectivity index (χ4n) is 7.16. The first kappa shape index (κ1) is 24.9.